The van der Waals surface area contributed by atoms with Gasteiger partial charge in [-0.15, -0.1) is 0 Å². The van der Waals surface area contributed by atoms with Crippen LogP contribution in [0.4, 0.5) is 11.5 Å². The lowest BCUT2D eigenvalue weighted by Crippen LogP contribution is -2.19. The van der Waals surface area contributed by atoms with Crippen LogP contribution in [0.2, 0.25) is 5.15 Å². The molecular formula is C14H25ClN4O. The van der Waals surface area contributed by atoms with E-state index in [1.54, 1.807) is 0 Å². The van der Waals surface area contributed by atoms with Crippen molar-refractivity contribution in [1.82, 2.24) is 9.97 Å². The first kappa shape index (κ1) is 17.0. The van der Waals surface area contributed by atoms with Crippen molar-refractivity contribution in [2.75, 3.05) is 24.2 Å². The normalized spacial score (nSPS) is 11.9. The summed E-state index contributed by atoms with van der Waals surface area (Å²) in [4.78, 5) is 8.70. The highest BCUT2D eigenvalue weighted by Gasteiger charge is 2.20. The highest BCUT2D eigenvalue weighted by atomic mass is 35.5. The van der Waals surface area contributed by atoms with Crippen LogP contribution in [0.3, 0.4) is 0 Å². The molecule has 1 aromatic heterocycles. The van der Waals surface area contributed by atoms with Gasteiger partial charge in [0, 0.05) is 18.6 Å². The fourth-order valence-electron chi connectivity index (χ4n) is 1.51. The van der Waals surface area contributed by atoms with Crippen molar-refractivity contribution in [2.24, 2.45) is 0 Å². The number of halogens is 1. The molecule has 3 N–H and O–H groups in total. The lowest BCUT2D eigenvalue weighted by atomic mass is 9.96. The Kier molecular flexibility index (Phi) is 6.02. The van der Waals surface area contributed by atoms with E-state index in [1.807, 2.05) is 34.6 Å². The number of aromatic nitrogens is 2. The number of nitrogen functional groups attached to an aromatic ring is 1. The van der Waals surface area contributed by atoms with Gasteiger partial charge in [-0.1, -0.05) is 32.4 Å². The zero-order valence-corrected chi connectivity index (χ0v) is 13.7. The Morgan fingerprint density at radius 2 is 1.95 bits per heavy atom. The number of ether oxygens (including phenoxy) is 1. The van der Waals surface area contributed by atoms with E-state index in [2.05, 4.69) is 15.3 Å². The van der Waals surface area contributed by atoms with E-state index in [0.29, 0.717) is 29.1 Å². The number of rotatable bonds is 6. The average molecular weight is 301 g/mol. The van der Waals surface area contributed by atoms with Crippen LogP contribution in [0.15, 0.2) is 0 Å². The van der Waals surface area contributed by atoms with E-state index in [4.69, 9.17) is 22.1 Å². The molecule has 0 spiro atoms. The number of nitrogens with one attached hydrogen (secondary N) is 1. The van der Waals surface area contributed by atoms with Crippen LogP contribution in [0, 0.1) is 0 Å². The minimum atomic E-state index is -0.172. The summed E-state index contributed by atoms with van der Waals surface area (Å²) >= 11 is 6.07. The SMILES string of the molecule is CC(C)OCCCNc1nc(C(C)(C)C)nc(Cl)c1N. The van der Waals surface area contributed by atoms with Gasteiger partial charge in [0.15, 0.2) is 11.0 Å². The predicted octanol–water partition coefficient (Wildman–Crippen LogP) is 3.24. The maximum atomic E-state index is 6.07. The Bertz CT molecular complexity index is 444. The van der Waals surface area contributed by atoms with E-state index in [-0.39, 0.29) is 11.5 Å². The minimum Gasteiger partial charge on any atom is -0.393 e. The maximum Gasteiger partial charge on any atom is 0.157 e. The predicted molar refractivity (Wildman–Crippen MR) is 84.3 cm³/mol. The summed E-state index contributed by atoms with van der Waals surface area (Å²) in [5.41, 5.74) is 6.13. The summed E-state index contributed by atoms with van der Waals surface area (Å²) < 4.78 is 5.48. The monoisotopic (exact) mass is 300 g/mol. The van der Waals surface area contributed by atoms with E-state index >= 15 is 0 Å². The fraction of sp³-hybridized carbons (Fsp3) is 0.714. The van der Waals surface area contributed by atoms with Crippen molar-refractivity contribution in [1.29, 1.82) is 0 Å². The van der Waals surface area contributed by atoms with Gasteiger partial charge < -0.3 is 15.8 Å². The van der Waals surface area contributed by atoms with Crippen LogP contribution in [0.25, 0.3) is 0 Å². The van der Waals surface area contributed by atoms with Crippen molar-refractivity contribution in [3.8, 4) is 0 Å². The maximum absolute atomic E-state index is 6.07. The zero-order valence-electron chi connectivity index (χ0n) is 13.0. The first-order valence-corrected chi connectivity index (χ1v) is 7.28. The molecule has 0 radical (unpaired) electrons. The summed E-state index contributed by atoms with van der Waals surface area (Å²) in [7, 11) is 0. The Balaban J connectivity index is 2.67. The second-order valence-electron chi connectivity index (χ2n) is 6.05. The third-order valence-electron chi connectivity index (χ3n) is 2.63. The van der Waals surface area contributed by atoms with Gasteiger partial charge in [-0.2, -0.15) is 0 Å². The minimum absolute atomic E-state index is 0.172. The molecule has 0 bridgehead atoms. The Labute approximate surface area is 126 Å². The van der Waals surface area contributed by atoms with E-state index in [9.17, 15) is 0 Å². The topological polar surface area (TPSA) is 73.1 Å². The van der Waals surface area contributed by atoms with Crippen LogP contribution in [0.1, 0.15) is 46.9 Å². The van der Waals surface area contributed by atoms with Gasteiger partial charge in [-0.25, -0.2) is 9.97 Å². The Morgan fingerprint density at radius 1 is 1.30 bits per heavy atom. The molecule has 0 saturated heterocycles. The number of hydrogen-bond donors (Lipinski definition) is 2. The van der Waals surface area contributed by atoms with E-state index < -0.39 is 0 Å². The van der Waals surface area contributed by atoms with Gasteiger partial charge in [0.2, 0.25) is 0 Å². The Morgan fingerprint density at radius 3 is 2.50 bits per heavy atom. The van der Waals surface area contributed by atoms with Gasteiger partial charge >= 0.3 is 0 Å². The molecule has 114 valence electrons. The van der Waals surface area contributed by atoms with Gasteiger partial charge in [0.1, 0.15) is 11.5 Å². The van der Waals surface area contributed by atoms with Crippen LogP contribution in [-0.4, -0.2) is 29.2 Å². The molecule has 1 heterocycles. The quantitative estimate of drug-likeness (QED) is 0.623. The van der Waals surface area contributed by atoms with E-state index in [0.717, 1.165) is 13.0 Å². The van der Waals surface area contributed by atoms with Gasteiger partial charge in [-0.3, -0.25) is 0 Å². The number of nitrogens with zero attached hydrogens (tertiary/aromatic N) is 2. The summed E-state index contributed by atoms with van der Waals surface area (Å²) in [5.74, 6) is 1.28. The molecule has 0 aliphatic heterocycles. The summed E-state index contributed by atoms with van der Waals surface area (Å²) in [6, 6.07) is 0. The molecule has 1 aromatic rings. The highest BCUT2D eigenvalue weighted by Crippen LogP contribution is 2.28. The summed E-state index contributed by atoms with van der Waals surface area (Å²) in [5, 5.41) is 3.50. The van der Waals surface area contributed by atoms with Crippen molar-refractivity contribution in [3.63, 3.8) is 0 Å². The molecule has 0 saturated carbocycles. The molecule has 0 fully saturated rings. The second-order valence-corrected chi connectivity index (χ2v) is 6.41. The second kappa shape index (κ2) is 7.09. The van der Waals surface area contributed by atoms with Crippen LogP contribution < -0.4 is 11.1 Å². The van der Waals surface area contributed by atoms with Crippen LogP contribution >= 0.6 is 11.6 Å². The fourth-order valence-corrected chi connectivity index (χ4v) is 1.68. The molecule has 0 aliphatic carbocycles. The molecule has 1 rings (SSSR count). The zero-order chi connectivity index (χ0) is 15.3. The largest absolute Gasteiger partial charge is 0.393 e. The van der Waals surface area contributed by atoms with Crippen LogP contribution in [-0.2, 0) is 10.2 Å². The first-order chi connectivity index (χ1) is 9.21. The first-order valence-electron chi connectivity index (χ1n) is 6.90. The van der Waals surface area contributed by atoms with Gasteiger partial charge in [0.05, 0.1) is 6.10 Å². The summed E-state index contributed by atoms with van der Waals surface area (Å²) in [6.07, 6.45) is 1.13. The van der Waals surface area contributed by atoms with E-state index in [1.165, 1.54) is 0 Å². The van der Waals surface area contributed by atoms with Crippen molar-refractivity contribution >= 4 is 23.1 Å². The molecule has 20 heavy (non-hydrogen) atoms. The molecular weight excluding hydrogens is 276 g/mol. The molecule has 0 aliphatic rings. The lowest BCUT2D eigenvalue weighted by molar-refractivity contribution is 0.0787. The third kappa shape index (κ3) is 5.13. The van der Waals surface area contributed by atoms with Crippen LogP contribution in [0.5, 0.6) is 0 Å². The molecule has 5 nitrogen and oxygen atoms in total. The van der Waals surface area contributed by atoms with Crippen molar-refractivity contribution < 1.29 is 4.74 Å². The standard InChI is InChI=1S/C14H25ClN4O/c1-9(2)20-8-6-7-17-12-10(16)11(15)18-13(19-12)14(3,4)5/h9H,6-8,16H2,1-5H3,(H,17,18,19). The lowest BCUT2D eigenvalue weighted by Gasteiger charge is -2.19. The molecule has 0 unspecified atom stereocenters. The smallest absolute Gasteiger partial charge is 0.157 e. The molecule has 0 amide bonds. The Hall–Kier alpha value is -1.07. The van der Waals surface area contributed by atoms with Gasteiger partial charge in [-0.05, 0) is 20.3 Å². The average Bonchev–Trinajstić information content (AvgIpc) is 2.31. The number of anilines is 2. The third-order valence-corrected chi connectivity index (χ3v) is 2.92. The van der Waals surface area contributed by atoms with Gasteiger partial charge in [0.25, 0.3) is 0 Å². The number of nitrogens with two attached hydrogens (primary N) is 1. The number of hydrogen-bond acceptors (Lipinski definition) is 5. The molecule has 6 heteroatoms. The molecule has 0 aromatic carbocycles. The highest BCUT2D eigenvalue weighted by molar-refractivity contribution is 6.32. The van der Waals surface area contributed by atoms with Crippen molar-refractivity contribution in [2.45, 2.75) is 52.6 Å². The molecule has 0 atom stereocenters. The summed E-state index contributed by atoms with van der Waals surface area (Å²) in [6.45, 7) is 11.6. The van der Waals surface area contributed by atoms with Crippen molar-refractivity contribution in [3.05, 3.63) is 11.0 Å².